The summed E-state index contributed by atoms with van der Waals surface area (Å²) in [6.45, 7) is 3.36. The van der Waals surface area contributed by atoms with Gasteiger partial charge in [0.15, 0.2) is 0 Å². The van der Waals surface area contributed by atoms with E-state index in [-0.39, 0.29) is 12.5 Å². The quantitative estimate of drug-likeness (QED) is 0.669. The number of aliphatic carboxylic acids is 1. The van der Waals surface area contributed by atoms with Gasteiger partial charge in [0.1, 0.15) is 0 Å². The van der Waals surface area contributed by atoms with Crippen molar-refractivity contribution in [2.45, 2.75) is 38.5 Å². The molecule has 0 aromatic carbocycles. The van der Waals surface area contributed by atoms with Crippen LogP contribution in [-0.2, 0) is 9.53 Å². The molecular formula is C15H26N2O4. The van der Waals surface area contributed by atoms with Crippen molar-refractivity contribution in [3.63, 3.8) is 0 Å². The molecule has 2 rings (SSSR count). The van der Waals surface area contributed by atoms with Gasteiger partial charge in [0, 0.05) is 32.7 Å². The SMILES string of the molecule is O=C(O)CCC1CCCN(C(=O)NCCOCC2CC2)C1. The number of carbonyl (C=O) groups is 2. The summed E-state index contributed by atoms with van der Waals surface area (Å²) in [6, 6.07) is -0.0509. The fourth-order valence-corrected chi connectivity index (χ4v) is 2.69. The number of carboxylic acid groups (broad SMARTS) is 1. The zero-order valence-electron chi connectivity index (χ0n) is 12.6. The zero-order valence-corrected chi connectivity index (χ0v) is 12.6. The molecule has 6 heteroatoms. The molecular weight excluding hydrogens is 272 g/mol. The van der Waals surface area contributed by atoms with Crippen LogP contribution in [0.15, 0.2) is 0 Å². The molecule has 6 nitrogen and oxygen atoms in total. The van der Waals surface area contributed by atoms with Gasteiger partial charge >= 0.3 is 12.0 Å². The topological polar surface area (TPSA) is 78.9 Å². The number of hydrogen-bond acceptors (Lipinski definition) is 3. The van der Waals surface area contributed by atoms with Gasteiger partial charge in [0.05, 0.1) is 6.61 Å². The third kappa shape index (κ3) is 6.33. The average Bonchev–Trinajstić information content (AvgIpc) is 3.29. The minimum Gasteiger partial charge on any atom is -0.481 e. The molecule has 0 bridgehead atoms. The summed E-state index contributed by atoms with van der Waals surface area (Å²) in [5, 5.41) is 11.6. The highest BCUT2D eigenvalue weighted by Gasteiger charge is 2.24. The van der Waals surface area contributed by atoms with Gasteiger partial charge in [0.25, 0.3) is 0 Å². The Balaban J connectivity index is 1.57. The van der Waals surface area contributed by atoms with Crippen molar-refractivity contribution in [3.05, 3.63) is 0 Å². The molecule has 0 aromatic heterocycles. The van der Waals surface area contributed by atoms with Crippen LogP contribution < -0.4 is 5.32 Å². The molecule has 0 spiro atoms. The van der Waals surface area contributed by atoms with Crippen LogP contribution in [0, 0.1) is 11.8 Å². The van der Waals surface area contributed by atoms with Crippen molar-refractivity contribution in [1.82, 2.24) is 10.2 Å². The second-order valence-corrected chi connectivity index (χ2v) is 6.14. The van der Waals surface area contributed by atoms with E-state index in [0.717, 1.165) is 31.9 Å². The second kappa shape index (κ2) is 8.22. The van der Waals surface area contributed by atoms with Crippen LogP contribution in [0.3, 0.4) is 0 Å². The molecule has 1 unspecified atom stereocenters. The van der Waals surface area contributed by atoms with Gasteiger partial charge in [-0.2, -0.15) is 0 Å². The summed E-state index contributed by atoms with van der Waals surface area (Å²) in [7, 11) is 0. The Morgan fingerprint density at radius 2 is 2.05 bits per heavy atom. The van der Waals surface area contributed by atoms with Gasteiger partial charge in [-0.1, -0.05) is 0 Å². The molecule has 1 aliphatic heterocycles. The number of nitrogens with one attached hydrogen (secondary N) is 1. The van der Waals surface area contributed by atoms with Crippen LogP contribution in [-0.4, -0.2) is 54.9 Å². The molecule has 1 aliphatic carbocycles. The minimum absolute atomic E-state index is 0.0509. The van der Waals surface area contributed by atoms with Gasteiger partial charge in [-0.15, -0.1) is 0 Å². The minimum atomic E-state index is -0.760. The Morgan fingerprint density at radius 3 is 2.76 bits per heavy atom. The summed E-state index contributed by atoms with van der Waals surface area (Å²) in [5.74, 6) is 0.300. The van der Waals surface area contributed by atoms with Crippen LogP contribution in [0.5, 0.6) is 0 Å². The van der Waals surface area contributed by atoms with Crippen molar-refractivity contribution in [2.75, 3.05) is 32.8 Å². The summed E-state index contributed by atoms with van der Waals surface area (Å²) in [6.07, 6.45) is 5.37. The highest BCUT2D eigenvalue weighted by molar-refractivity contribution is 5.74. The van der Waals surface area contributed by atoms with Gasteiger partial charge < -0.3 is 20.1 Å². The number of rotatable bonds is 8. The Morgan fingerprint density at radius 1 is 1.24 bits per heavy atom. The van der Waals surface area contributed by atoms with Crippen molar-refractivity contribution in [2.24, 2.45) is 11.8 Å². The first-order valence-corrected chi connectivity index (χ1v) is 7.97. The predicted octanol–water partition coefficient (Wildman–Crippen LogP) is 1.70. The maximum absolute atomic E-state index is 12.0. The molecule has 1 heterocycles. The van der Waals surface area contributed by atoms with Crippen LogP contribution in [0.2, 0.25) is 0 Å². The molecule has 120 valence electrons. The van der Waals surface area contributed by atoms with E-state index in [1.54, 1.807) is 4.90 Å². The summed E-state index contributed by atoms with van der Waals surface area (Å²) in [4.78, 5) is 24.4. The third-order valence-electron chi connectivity index (χ3n) is 4.15. The summed E-state index contributed by atoms with van der Waals surface area (Å²) < 4.78 is 5.48. The zero-order chi connectivity index (χ0) is 15.1. The normalized spacial score (nSPS) is 22.1. The van der Waals surface area contributed by atoms with E-state index in [4.69, 9.17) is 9.84 Å². The molecule has 21 heavy (non-hydrogen) atoms. The van der Waals surface area contributed by atoms with Crippen molar-refractivity contribution < 1.29 is 19.4 Å². The van der Waals surface area contributed by atoms with Gasteiger partial charge in [-0.3, -0.25) is 4.79 Å². The average molecular weight is 298 g/mol. The number of amides is 2. The molecule has 1 saturated heterocycles. The molecule has 1 saturated carbocycles. The van der Waals surface area contributed by atoms with Crippen LogP contribution in [0.25, 0.3) is 0 Å². The Kier molecular flexibility index (Phi) is 6.29. The van der Waals surface area contributed by atoms with Crippen LogP contribution in [0.4, 0.5) is 4.79 Å². The largest absolute Gasteiger partial charge is 0.481 e. The smallest absolute Gasteiger partial charge is 0.317 e. The molecule has 1 atom stereocenters. The first-order valence-electron chi connectivity index (χ1n) is 7.97. The standard InChI is InChI=1S/C15H26N2O4/c18-14(19)6-5-12-2-1-8-17(10-12)15(20)16-7-9-21-11-13-3-4-13/h12-13H,1-11H2,(H,16,20)(H,18,19). The number of urea groups is 1. The lowest BCUT2D eigenvalue weighted by Gasteiger charge is -2.32. The van der Waals surface area contributed by atoms with Crippen molar-refractivity contribution >= 4 is 12.0 Å². The van der Waals surface area contributed by atoms with E-state index < -0.39 is 5.97 Å². The number of ether oxygens (including phenoxy) is 1. The van der Waals surface area contributed by atoms with Crippen LogP contribution >= 0.6 is 0 Å². The Bertz CT molecular complexity index is 358. The van der Waals surface area contributed by atoms with Gasteiger partial charge in [-0.05, 0) is 43.9 Å². The first-order chi connectivity index (χ1) is 10.1. The monoisotopic (exact) mass is 298 g/mol. The highest BCUT2D eigenvalue weighted by atomic mass is 16.5. The van der Waals surface area contributed by atoms with Crippen molar-refractivity contribution in [3.8, 4) is 0 Å². The first kappa shape index (κ1) is 16.1. The number of carboxylic acids is 1. The van der Waals surface area contributed by atoms with E-state index >= 15 is 0 Å². The third-order valence-corrected chi connectivity index (χ3v) is 4.15. The second-order valence-electron chi connectivity index (χ2n) is 6.14. The van der Waals surface area contributed by atoms with Crippen molar-refractivity contribution in [1.29, 1.82) is 0 Å². The number of likely N-dealkylation sites (tertiary alicyclic amines) is 1. The highest BCUT2D eigenvalue weighted by Crippen LogP contribution is 2.28. The maximum Gasteiger partial charge on any atom is 0.317 e. The fourth-order valence-electron chi connectivity index (χ4n) is 2.69. The lowest BCUT2D eigenvalue weighted by atomic mass is 9.93. The van der Waals surface area contributed by atoms with Crippen LogP contribution in [0.1, 0.15) is 38.5 Å². The fraction of sp³-hybridized carbons (Fsp3) is 0.867. The number of hydrogen-bond donors (Lipinski definition) is 2. The molecule has 2 amide bonds. The Labute approximate surface area is 125 Å². The van der Waals surface area contributed by atoms with E-state index in [1.165, 1.54) is 12.8 Å². The molecule has 2 aliphatic rings. The van der Waals surface area contributed by atoms with E-state index in [2.05, 4.69) is 5.32 Å². The molecule has 0 radical (unpaired) electrons. The Hall–Kier alpha value is -1.30. The van der Waals surface area contributed by atoms with E-state index in [1.807, 2.05) is 0 Å². The van der Waals surface area contributed by atoms with E-state index in [0.29, 0.717) is 32.0 Å². The number of piperidine rings is 1. The maximum atomic E-state index is 12.0. The molecule has 2 N–H and O–H groups in total. The lowest BCUT2D eigenvalue weighted by molar-refractivity contribution is -0.137. The number of carbonyl (C=O) groups excluding carboxylic acids is 1. The van der Waals surface area contributed by atoms with Gasteiger partial charge in [-0.25, -0.2) is 4.79 Å². The number of nitrogens with zero attached hydrogens (tertiary/aromatic N) is 1. The summed E-state index contributed by atoms with van der Waals surface area (Å²) >= 11 is 0. The molecule has 2 fully saturated rings. The summed E-state index contributed by atoms with van der Waals surface area (Å²) in [5.41, 5.74) is 0. The van der Waals surface area contributed by atoms with Gasteiger partial charge in [0.2, 0.25) is 0 Å². The molecule has 0 aromatic rings. The predicted molar refractivity (Wildman–Crippen MR) is 78.1 cm³/mol. The lowest BCUT2D eigenvalue weighted by Crippen LogP contribution is -2.46. The van der Waals surface area contributed by atoms with E-state index in [9.17, 15) is 9.59 Å².